The molecule has 1 aromatic carbocycles. The van der Waals surface area contributed by atoms with Crippen molar-refractivity contribution in [1.29, 1.82) is 0 Å². The van der Waals surface area contributed by atoms with E-state index in [0.717, 1.165) is 42.3 Å². The summed E-state index contributed by atoms with van der Waals surface area (Å²) in [5, 5.41) is 21.5. The molecule has 1 aliphatic rings. The van der Waals surface area contributed by atoms with Crippen molar-refractivity contribution in [2.24, 2.45) is 0 Å². The van der Waals surface area contributed by atoms with Crippen LogP contribution in [0, 0.1) is 6.92 Å². The second-order valence-corrected chi connectivity index (χ2v) is 5.60. The lowest BCUT2D eigenvalue weighted by Gasteiger charge is -2.35. The number of anilines is 1. The molecule has 1 atom stereocenters. The SMILES string of the molecule is CCN(c1nnc(-c2ccc(O)cc2)cc1C)C1CNCCO1. The molecule has 1 aromatic heterocycles. The van der Waals surface area contributed by atoms with E-state index in [4.69, 9.17) is 4.74 Å². The Kier molecular flexibility index (Phi) is 4.73. The van der Waals surface area contributed by atoms with Gasteiger partial charge in [0.15, 0.2) is 5.82 Å². The topological polar surface area (TPSA) is 70.5 Å². The molecule has 0 bridgehead atoms. The van der Waals surface area contributed by atoms with E-state index in [0.29, 0.717) is 6.61 Å². The van der Waals surface area contributed by atoms with Crippen molar-refractivity contribution in [3.05, 3.63) is 35.9 Å². The van der Waals surface area contributed by atoms with Crippen LogP contribution in [-0.4, -0.2) is 47.8 Å². The number of nitrogens with one attached hydrogen (secondary N) is 1. The van der Waals surface area contributed by atoms with Crippen LogP contribution in [0.4, 0.5) is 5.82 Å². The van der Waals surface area contributed by atoms with Crippen molar-refractivity contribution in [3.8, 4) is 17.0 Å². The van der Waals surface area contributed by atoms with Gasteiger partial charge in [0.1, 0.15) is 12.0 Å². The number of morpholine rings is 1. The van der Waals surface area contributed by atoms with Gasteiger partial charge in [0, 0.05) is 25.2 Å². The molecule has 1 fully saturated rings. The third kappa shape index (κ3) is 3.43. The quantitative estimate of drug-likeness (QED) is 0.898. The Balaban J connectivity index is 1.87. The Labute approximate surface area is 136 Å². The van der Waals surface area contributed by atoms with Crippen LogP contribution >= 0.6 is 0 Å². The first-order valence-electron chi connectivity index (χ1n) is 7.91. The van der Waals surface area contributed by atoms with Gasteiger partial charge in [0.2, 0.25) is 0 Å². The number of likely N-dealkylation sites (N-methyl/N-ethyl adjacent to an activating group) is 1. The number of phenols is 1. The number of benzene rings is 1. The number of phenolic OH excluding ortho intramolecular Hbond substituents is 1. The predicted octanol–water partition coefficient (Wildman–Crippen LogP) is 1.93. The Morgan fingerprint density at radius 1 is 1.30 bits per heavy atom. The molecule has 0 aliphatic carbocycles. The third-order valence-corrected chi connectivity index (χ3v) is 3.99. The van der Waals surface area contributed by atoms with E-state index in [1.54, 1.807) is 12.1 Å². The van der Waals surface area contributed by atoms with E-state index in [-0.39, 0.29) is 12.0 Å². The van der Waals surface area contributed by atoms with Gasteiger partial charge in [-0.3, -0.25) is 0 Å². The van der Waals surface area contributed by atoms with Crippen LogP contribution in [0.5, 0.6) is 5.75 Å². The minimum absolute atomic E-state index is 0.0127. The number of rotatable bonds is 4. The fourth-order valence-corrected chi connectivity index (χ4v) is 2.78. The van der Waals surface area contributed by atoms with E-state index in [2.05, 4.69) is 27.3 Å². The third-order valence-electron chi connectivity index (χ3n) is 3.99. The number of aromatic hydroxyl groups is 1. The summed E-state index contributed by atoms with van der Waals surface area (Å²) >= 11 is 0. The highest BCUT2D eigenvalue weighted by molar-refractivity contribution is 5.62. The van der Waals surface area contributed by atoms with Crippen molar-refractivity contribution in [2.45, 2.75) is 20.1 Å². The van der Waals surface area contributed by atoms with Crippen LogP contribution in [-0.2, 0) is 4.74 Å². The Morgan fingerprint density at radius 2 is 2.09 bits per heavy atom. The number of ether oxygens (including phenoxy) is 1. The van der Waals surface area contributed by atoms with Gasteiger partial charge in [-0.05, 0) is 49.7 Å². The Hall–Kier alpha value is -2.18. The first kappa shape index (κ1) is 15.7. The molecule has 3 rings (SSSR count). The molecule has 0 spiro atoms. The molecule has 1 aliphatic heterocycles. The summed E-state index contributed by atoms with van der Waals surface area (Å²) in [5.74, 6) is 1.10. The average Bonchev–Trinajstić information content (AvgIpc) is 2.58. The normalized spacial score (nSPS) is 17.9. The number of aryl methyl sites for hydroxylation is 1. The molecule has 1 unspecified atom stereocenters. The lowest BCUT2D eigenvalue weighted by Crippen LogP contribution is -2.50. The van der Waals surface area contributed by atoms with E-state index < -0.39 is 0 Å². The zero-order chi connectivity index (χ0) is 16.2. The molecule has 23 heavy (non-hydrogen) atoms. The van der Waals surface area contributed by atoms with Gasteiger partial charge in [-0.15, -0.1) is 10.2 Å². The van der Waals surface area contributed by atoms with Crippen molar-refractivity contribution in [2.75, 3.05) is 31.1 Å². The standard InChI is InChI=1S/C17H22N4O2/c1-3-21(16-11-18-8-9-23-16)17-12(2)10-15(19-20-17)13-4-6-14(22)7-5-13/h4-7,10,16,18,22H,3,8-9,11H2,1-2H3. The zero-order valence-corrected chi connectivity index (χ0v) is 13.5. The van der Waals surface area contributed by atoms with Gasteiger partial charge in [-0.2, -0.15) is 0 Å². The summed E-state index contributed by atoms with van der Waals surface area (Å²) in [4.78, 5) is 2.13. The predicted molar refractivity (Wildman–Crippen MR) is 89.5 cm³/mol. The summed E-state index contributed by atoms with van der Waals surface area (Å²) in [5.41, 5.74) is 2.78. The Bertz CT molecular complexity index is 654. The molecule has 1 saturated heterocycles. The molecule has 2 N–H and O–H groups in total. The molecule has 0 radical (unpaired) electrons. The van der Waals surface area contributed by atoms with Crippen LogP contribution in [0.3, 0.4) is 0 Å². The molecular formula is C17H22N4O2. The van der Waals surface area contributed by atoms with E-state index in [9.17, 15) is 5.11 Å². The van der Waals surface area contributed by atoms with Crippen LogP contribution in [0.1, 0.15) is 12.5 Å². The molecule has 2 heterocycles. The minimum atomic E-state index is -0.0127. The van der Waals surface area contributed by atoms with E-state index >= 15 is 0 Å². The lowest BCUT2D eigenvalue weighted by molar-refractivity contribution is 0.0266. The van der Waals surface area contributed by atoms with Crippen LogP contribution in [0.2, 0.25) is 0 Å². The smallest absolute Gasteiger partial charge is 0.156 e. The zero-order valence-electron chi connectivity index (χ0n) is 13.5. The lowest BCUT2D eigenvalue weighted by atomic mass is 10.1. The van der Waals surface area contributed by atoms with E-state index in [1.807, 2.05) is 25.1 Å². The number of hydrogen-bond acceptors (Lipinski definition) is 6. The number of aromatic nitrogens is 2. The molecule has 122 valence electrons. The fourth-order valence-electron chi connectivity index (χ4n) is 2.78. The summed E-state index contributed by atoms with van der Waals surface area (Å²) in [6.07, 6.45) is -0.0127. The minimum Gasteiger partial charge on any atom is -0.508 e. The summed E-state index contributed by atoms with van der Waals surface area (Å²) in [6, 6.07) is 9.00. The second kappa shape index (κ2) is 6.93. The van der Waals surface area contributed by atoms with Crippen molar-refractivity contribution < 1.29 is 9.84 Å². The summed E-state index contributed by atoms with van der Waals surface area (Å²) < 4.78 is 5.84. The number of hydrogen-bond donors (Lipinski definition) is 2. The van der Waals surface area contributed by atoms with Gasteiger partial charge in [0.25, 0.3) is 0 Å². The maximum absolute atomic E-state index is 9.39. The molecule has 6 heteroatoms. The van der Waals surface area contributed by atoms with E-state index in [1.165, 1.54) is 0 Å². The largest absolute Gasteiger partial charge is 0.508 e. The van der Waals surface area contributed by atoms with Gasteiger partial charge in [-0.25, -0.2) is 0 Å². The van der Waals surface area contributed by atoms with Crippen molar-refractivity contribution >= 4 is 5.82 Å². The first-order chi connectivity index (χ1) is 11.2. The fraction of sp³-hybridized carbons (Fsp3) is 0.412. The highest BCUT2D eigenvalue weighted by Crippen LogP contribution is 2.25. The highest BCUT2D eigenvalue weighted by Gasteiger charge is 2.23. The van der Waals surface area contributed by atoms with Crippen molar-refractivity contribution in [3.63, 3.8) is 0 Å². The highest BCUT2D eigenvalue weighted by atomic mass is 16.5. The first-order valence-corrected chi connectivity index (χ1v) is 7.91. The molecular weight excluding hydrogens is 292 g/mol. The van der Waals surface area contributed by atoms with Gasteiger partial charge >= 0.3 is 0 Å². The molecule has 0 amide bonds. The molecule has 6 nitrogen and oxygen atoms in total. The van der Waals surface area contributed by atoms with Crippen LogP contribution in [0.25, 0.3) is 11.3 Å². The van der Waals surface area contributed by atoms with Crippen molar-refractivity contribution in [1.82, 2.24) is 15.5 Å². The molecule has 0 saturated carbocycles. The van der Waals surface area contributed by atoms with Gasteiger partial charge in [-0.1, -0.05) is 0 Å². The summed E-state index contributed by atoms with van der Waals surface area (Å²) in [6.45, 7) is 7.31. The van der Waals surface area contributed by atoms with Crippen LogP contribution in [0.15, 0.2) is 30.3 Å². The Morgan fingerprint density at radius 3 is 2.70 bits per heavy atom. The second-order valence-electron chi connectivity index (χ2n) is 5.60. The monoisotopic (exact) mass is 314 g/mol. The number of nitrogens with zero attached hydrogens (tertiary/aromatic N) is 3. The summed E-state index contributed by atoms with van der Waals surface area (Å²) in [7, 11) is 0. The molecule has 2 aromatic rings. The maximum atomic E-state index is 9.39. The van der Waals surface area contributed by atoms with Gasteiger partial charge in [0.05, 0.1) is 12.3 Å². The van der Waals surface area contributed by atoms with Crippen LogP contribution < -0.4 is 10.2 Å². The van der Waals surface area contributed by atoms with Gasteiger partial charge < -0.3 is 20.1 Å². The maximum Gasteiger partial charge on any atom is 0.156 e. The average molecular weight is 314 g/mol.